The zero-order chi connectivity index (χ0) is 25.1. The van der Waals surface area contributed by atoms with Gasteiger partial charge in [-0.2, -0.15) is 0 Å². The zero-order valence-electron chi connectivity index (χ0n) is 19.0. The Morgan fingerprint density at radius 3 is 1.91 bits per heavy atom. The van der Waals surface area contributed by atoms with Crippen LogP contribution in [-0.4, -0.2) is 36.9 Å². The number of carbonyl (C=O) groups is 1. The van der Waals surface area contributed by atoms with Gasteiger partial charge in [0.25, 0.3) is 26.0 Å². The summed E-state index contributed by atoms with van der Waals surface area (Å²) in [5, 5.41) is 2.43. The Labute approximate surface area is 199 Å². The second kappa shape index (κ2) is 9.74. The van der Waals surface area contributed by atoms with Crippen LogP contribution in [0.3, 0.4) is 0 Å². The molecule has 3 aromatic carbocycles. The fourth-order valence-electron chi connectivity index (χ4n) is 3.25. The summed E-state index contributed by atoms with van der Waals surface area (Å²) in [6.45, 7) is 3.61. The van der Waals surface area contributed by atoms with Gasteiger partial charge in [-0.25, -0.2) is 16.8 Å². The summed E-state index contributed by atoms with van der Waals surface area (Å²) in [5.41, 5.74) is 2.28. The van der Waals surface area contributed by atoms with Gasteiger partial charge >= 0.3 is 0 Å². The minimum absolute atomic E-state index is 0.0237. The molecular weight excluding hydrogens is 478 g/mol. The third-order valence-electron chi connectivity index (χ3n) is 5.09. The van der Waals surface area contributed by atoms with Gasteiger partial charge in [0, 0.05) is 12.7 Å². The minimum Gasteiger partial charge on any atom is -0.496 e. The highest BCUT2D eigenvalue weighted by Crippen LogP contribution is 2.26. The maximum absolute atomic E-state index is 12.8. The molecule has 180 valence electrons. The number of aryl methyl sites for hydroxylation is 2. The van der Waals surface area contributed by atoms with Crippen LogP contribution in [0.4, 0.5) is 11.4 Å². The van der Waals surface area contributed by atoms with Gasteiger partial charge in [-0.1, -0.05) is 18.2 Å². The Balaban J connectivity index is 1.85. The summed E-state index contributed by atoms with van der Waals surface area (Å²) < 4.78 is 61.4. The first kappa shape index (κ1) is 25.1. The molecule has 0 aliphatic carbocycles. The van der Waals surface area contributed by atoms with Crippen molar-refractivity contribution in [2.75, 3.05) is 23.6 Å². The van der Waals surface area contributed by atoms with Crippen molar-refractivity contribution < 1.29 is 26.4 Å². The van der Waals surface area contributed by atoms with E-state index in [0.717, 1.165) is 11.1 Å². The Morgan fingerprint density at radius 2 is 1.35 bits per heavy atom. The molecule has 34 heavy (non-hydrogen) atoms. The molecule has 0 aliphatic heterocycles. The zero-order valence-corrected chi connectivity index (χ0v) is 20.7. The monoisotopic (exact) mass is 503 g/mol. The van der Waals surface area contributed by atoms with E-state index in [1.165, 1.54) is 56.6 Å². The molecule has 0 aliphatic rings. The van der Waals surface area contributed by atoms with Crippen LogP contribution in [0.15, 0.2) is 70.5 Å². The van der Waals surface area contributed by atoms with Crippen molar-refractivity contribution in [2.24, 2.45) is 0 Å². The molecule has 11 heteroatoms. The average Bonchev–Trinajstić information content (AvgIpc) is 2.80. The van der Waals surface area contributed by atoms with E-state index in [0.29, 0.717) is 5.69 Å². The van der Waals surface area contributed by atoms with E-state index < -0.39 is 26.0 Å². The normalized spacial score (nSPS) is 11.5. The number of nitrogens with one attached hydrogen (secondary N) is 3. The Bertz CT molecular complexity index is 1410. The first-order valence-electron chi connectivity index (χ1n) is 10.1. The number of sulfonamides is 2. The number of amides is 1. The van der Waals surface area contributed by atoms with Crippen molar-refractivity contribution in [3.63, 3.8) is 0 Å². The largest absolute Gasteiger partial charge is 0.496 e. The van der Waals surface area contributed by atoms with Gasteiger partial charge in [-0.15, -0.1) is 0 Å². The van der Waals surface area contributed by atoms with E-state index in [1.807, 2.05) is 6.07 Å². The summed E-state index contributed by atoms with van der Waals surface area (Å²) >= 11 is 0. The summed E-state index contributed by atoms with van der Waals surface area (Å²) in [6.07, 6.45) is 0. The maximum Gasteiger partial charge on any atom is 0.261 e. The Morgan fingerprint density at radius 1 is 0.794 bits per heavy atom. The molecule has 0 fully saturated rings. The van der Waals surface area contributed by atoms with E-state index in [1.54, 1.807) is 26.0 Å². The fraction of sp³-hybridized carbons (Fsp3) is 0.174. The average molecular weight is 504 g/mol. The number of benzene rings is 3. The smallest absolute Gasteiger partial charge is 0.261 e. The molecule has 9 nitrogen and oxygen atoms in total. The minimum atomic E-state index is -4.06. The Kier molecular flexibility index (Phi) is 7.18. The van der Waals surface area contributed by atoms with Crippen LogP contribution in [0.5, 0.6) is 5.75 Å². The number of para-hydroxylation sites is 1. The van der Waals surface area contributed by atoms with Crippen LogP contribution < -0.4 is 19.5 Å². The summed E-state index contributed by atoms with van der Waals surface area (Å²) in [5.74, 6) is -0.274. The summed E-state index contributed by atoms with van der Waals surface area (Å²) in [4.78, 5) is 11.9. The van der Waals surface area contributed by atoms with Crippen LogP contribution in [0, 0.1) is 13.8 Å². The molecule has 3 N–H and O–H groups in total. The van der Waals surface area contributed by atoms with Crippen molar-refractivity contribution in [3.8, 4) is 5.75 Å². The molecule has 0 heterocycles. The number of rotatable bonds is 8. The van der Waals surface area contributed by atoms with Crippen LogP contribution in [-0.2, 0) is 20.0 Å². The van der Waals surface area contributed by atoms with Gasteiger partial charge in [-0.3, -0.25) is 14.2 Å². The van der Waals surface area contributed by atoms with Gasteiger partial charge in [0.05, 0.1) is 28.2 Å². The van der Waals surface area contributed by atoms with Crippen LogP contribution in [0.2, 0.25) is 0 Å². The highest BCUT2D eigenvalue weighted by atomic mass is 32.2. The highest BCUT2D eigenvalue weighted by molar-refractivity contribution is 7.93. The van der Waals surface area contributed by atoms with Gasteiger partial charge in [0.1, 0.15) is 5.75 Å². The molecule has 3 rings (SSSR count). The number of anilines is 2. The third kappa shape index (κ3) is 5.32. The molecule has 0 unspecified atom stereocenters. The molecule has 0 radical (unpaired) electrons. The predicted molar refractivity (Wildman–Crippen MR) is 130 cm³/mol. The van der Waals surface area contributed by atoms with Crippen molar-refractivity contribution in [1.82, 2.24) is 5.32 Å². The molecule has 0 saturated carbocycles. The molecule has 1 amide bonds. The molecule has 0 atom stereocenters. The van der Waals surface area contributed by atoms with Gasteiger partial charge in [0.15, 0.2) is 0 Å². The standard InChI is InChI=1S/C23H25N3O6S2/c1-15-6-5-7-16(2)22(15)26-33(28,29)18-10-8-17(9-11-18)25-34(30,31)19-12-13-21(32-4)20(14-19)23(27)24-3/h5-14,25-26H,1-4H3,(H,24,27). The third-order valence-corrected chi connectivity index (χ3v) is 7.83. The van der Waals surface area contributed by atoms with Crippen molar-refractivity contribution >= 4 is 37.3 Å². The first-order chi connectivity index (χ1) is 16.0. The predicted octanol–water partition coefficient (Wildman–Crippen LogP) is 3.27. The highest BCUT2D eigenvalue weighted by Gasteiger charge is 2.21. The number of hydrogen-bond acceptors (Lipinski definition) is 6. The lowest BCUT2D eigenvalue weighted by Crippen LogP contribution is -2.20. The second-order valence-electron chi connectivity index (χ2n) is 7.44. The fourth-order valence-corrected chi connectivity index (χ4v) is 5.54. The number of hydrogen-bond donors (Lipinski definition) is 3. The van der Waals surface area contributed by atoms with Crippen molar-refractivity contribution in [1.29, 1.82) is 0 Å². The molecule has 0 saturated heterocycles. The Hall–Kier alpha value is -3.57. The quantitative estimate of drug-likeness (QED) is 0.432. The number of carbonyl (C=O) groups excluding carboxylic acids is 1. The van der Waals surface area contributed by atoms with Crippen LogP contribution in [0.25, 0.3) is 0 Å². The number of ether oxygens (including phenoxy) is 1. The molecule has 0 spiro atoms. The lowest BCUT2D eigenvalue weighted by Gasteiger charge is -2.14. The first-order valence-corrected chi connectivity index (χ1v) is 13.1. The summed E-state index contributed by atoms with van der Waals surface area (Å²) in [6, 6.07) is 14.6. The number of methoxy groups -OCH3 is 1. The van der Waals surface area contributed by atoms with Crippen molar-refractivity contribution in [3.05, 3.63) is 77.4 Å². The van der Waals surface area contributed by atoms with Gasteiger partial charge in [-0.05, 0) is 67.4 Å². The van der Waals surface area contributed by atoms with E-state index in [2.05, 4.69) is 14.8 Å². The lowest BCUT2D eigenvalue weighted by atomic mass is 10.1. The van der Waals surface area contributed by atoms with Crippen LogP contribution >= 0.6 is 0 Å². The topological polar surface area (TPSA) is 131 Å². The van der Waals surface area contributed by atoms with E-state index in [9.17, 15) is 21.6 Å². The van der Waals surface area contributed by atoms with Crippen LogP contribution in [0.1, 0.15) is 21.5 Å². The van der Waals surface area contributed by atoms with Gasteiger partial charge in [0.2, 0.25) is 0 Å². The maximum atomic E-state index is 12.8. The van der Waals surface area contributed by atoms with Crippen molar-refractivity contribution in [2.45, 2.75) is 23.6 Å². The summed E-state index contributed by atoms with van der Waals surface area (Å²) in [7, 11) is -5.15. The van der Waals surface area contributed by atoms with E-state index in [4.69, 9.17) is 4.74 Å². The molecule has 0 aromatic heterocycles. The molecular formula is C23H25N3O6S2. The lowest BCUT2D eigenvalue weighted by molar-refractivity contribution is 0.0960. The second-order valence-corrected chi connectivity index (χ2v) is 10.8. The van der Waals surface area contributed by atoms with E-state index >= 15 is 0 Å². The van der Waals surface area contributed by atoms with E-state index in [-0.39, 0.29) is 26.8 Å². The molecule has 3 aromatic rings. The molecule has 0 bridgehead atoms. The SMILES string of the molecule is CNC(=O)c1cc(S(=O)(=O)Nc2ccc(S(=O)(=O)Nc3c(C)cccc3C)cc2)ccc1OC. The van der Waals surface area contributed by atoms with Gasteiger partial charge < -0.3 is 10.1 Å².